The van der Waals surface area contributed by atoms with E-state index in [-0.39, 0.29) is 18.0 Å². The van der Waals surface area contributed by atoms with Gasteiger partial charge in [0.25, 0.3) is 5.56 Å². The van der Waals surface area contributed by atoms with Crippen molar-refractivity contribution in [3.05, 3.63) is 125 Å². The summed E-state index contributed by atoms with van der Waals surface area (Å²) >= 11 is 4.36. The number of furan rings is 1. The molecule has 6 nitrogen and oxygen atoms in total. The Balaban J connectivity index is 1.38. The summed E-state index contributed by atoms with van der Waals surface area (Å²) in [5.74, 6) is 1.10. The van der Waals surface area contributed by atoms with Crippen LogP contribution >= 0.6 is 45.2 Å². The van der Waals surface area contributed by atoms with Gasteiger partial charge in [0, 0.05) is 10.9 Å². The predicted molar refractivity (Wildman–Crippen MR) is 167 cm³/mol. The van der Waals surface area contributed by atoms with Gasteiger partial charge in [0.2, 0.25) is 5.82 Å². The Hall–Kier alpha value is -3.58. The second kappa shape index (κ2) is 10.9. The van der Waals surface area contributed by atoms with Crippen LogP contribution in [0.15, 0.2) is 105 Å². The maximum atomic E-state index is 14.0. The van der Waals surface area contributed by atoms with E-state index in [9.17, 15) is 9.18 Å². The number of rotatable bonds is 6. The van der Waals surface area contributed by atoms with E-state index in [1.54, 1.807) is 42.6 Å². The first-order valence-electron chi connectivity index (χ1n) is 11.9. The van der Waals surface area contributed by atoms with Crippen LogP contribution in [0.25, 0.3) is 33.5 Å². The highest BCUT2D eigenvalue weighted by atomic mass is 127. The SMILES string of the molecule is O=c1c2ccccc2nc(-c2cc3ccccc3o2)n1N=Cc1cc(I)c(OCc2ccccc2F)c(I)c1. The number of benzene rings is 4. The molecule has 0 atom stereocenters. The van der Waals surface area contributed by atoms with Crippen LogP contribution in [0, 0.1) is 13.0 Å². The summed E-state index contributed by atoms with van der Waals surface area (Å²) in [5, 5.41) is 5.91. The molecule has 0 unspecified atom stereocenters. The van der Waals surface area contributed by atoms with Crippen molar-refractivity contribution >= 4 is 73.3 Å². The molecule has 192 valence electrons. The number of nitrogens with zero attached hydrogens (tertiary/aromatic N) is 3. The van der Waals surface area contributed by atoms with Crippen LogP contribution in [-0.4, -0.2) is 15.9 Å². The van der Waals surface area contributed by atoms with Crippen LogP contribution in [0.4, 0.5) is 4.39 Å². The Bertz CT molecular complexity index is 1890. The highest BCUT2D eigenvalue weighted by Gasteiger charge is 2.17. The quantitative estimate of drug-likeness (QED) is 0.130. The maximum absolute atomic E-state index is 14.0. The Labute approximate surface area is 249 Å². The molecule has 2 heterocycles. The highest BCUT2D eigenvalue weighted by molar-refractivity contribution is 14.1. The van der Waals surface area contributed by atoms with Crippen LogP contribution < -0.4 is 10.3 Å². The number of halogens is 3. The topological polar surface area (TPSA) is 69.6 Å². The molecule has 0 aliphatic rings. The molecule has 6 rings (SSSR count). The summed E-state index contributed by atoms with van der Waals surface area (Å²) in [4.78, 5) is 18.2. The third-order valence-electron chi connectivity index (χ3n) is 6.07. The molecule has 0 saturated heterocycles. The monoisotopic (exact) mass is 741 g/mol. The first-order chi connectivity index (χ1) is 19.0. The van der Waals surface area contributed by atoms with Gasteiger partial charge < -0.3 is 9.15 Å². The molecule has 2 aromatic heterocycles. The lowest BCUT2D eigenvalue weighted by atomic mass is 10.2. The lowest BCUT2D eigenvalue weighted by molar-refractivity contribution is 0.295. The van der Waals surface area contributed by atoms with Gasteiger partial charge in [-0.2, -0.15) is 9.78 Å². The van der Waals surface area contributed by atoms with Crippen LogP contribution in [0.1, 0.15) is 11.1 Å². The van der Waals surface area contributed by atoms with Gasteiger partial charge in [-0.25, -0.2) is 9.37 Å². The third-order valence-corrected chi connectivity index (χ3v) is 7.68. The Morgan fingerprint density at radius 1 is 0.949 bits per heavy atom. The zero-order chi connectivity index (χ0) is 26.9. The molecule has 0 aliphatic carbocycles. The summed E-state index contributed by atoms with van der Waals surface area (Å²) in [7, 11) is 0. The minimum Gasteiger partial charge on any atom is -0.487 e. The highest BCUT2D eigenvalue weighted by Crippen LogP contribution is 2.30. The molecule has 0 bridgehead atoms. The lowest BCUT2D eigenvalue weighted by Crippen LogP contribution is -2.20. The summed E-state index contributed by atoms with van der Waals surface area (Å²) < 4.78 is 28.9. The van der Waals surface area contributed by atoms with Crippen molar-refractivity contribution in [1.29, 1.82) is 0 Å². The largest absolute Gasteiger partial charge is 0.487 e. The van der Waals surface area contributed by atoms with Gasteiger partial charge in [-0.1, -0.05) is 48.5 Å². The molecule has 39 heavy (non-hydrogen) atoms. The van der Waals surface area contributed by atoms with E-state index in [1.807, 2.05) is 48.5 Å². The second-order valence-electron chi connectivity index (χ2n) is 8.66. The van der Waals surface area contributed by atoms with Crippen LogP contribution in [0.5, 0.6) is 5.75 Å². The fourth-order valence-corrected chi connectivity index (χ4v) is 6.29. The average molecular weight is 741 g/mol. The first-order valence-corrected chi connectivity index (χ1v) is 14.0. The van der Waals surface area contributed by atoms with Crippen molar-refractivity contribution in [2.75, 3.05) is 0 Å². The number of fused-ring (bicyclic) bond motifs is 2. The summed E-state index contributed by atoms with van der Waals surface area (Å²) in [5.41, 5.74) is 2.20. The van der Waals surface area contributed by atoms with Crippen molar-refractivity contribution in [3.8, 4) is 17.3 Å². The molecule has 0 radical (unpaired) electrons. The molecule has 6 aromatic rings. The number of ether oxygens (including phenoxy) is 1. The minimum atomic E-state index is -0.305. The van der Waals surface area contributed by atoms with Gasteiger partial charge in [-0.05, 0) is 93.2 Å². The molecule has 0 N–H and O–H groups in total. The molecule has 0 amide bonds. The van der Waals surface area contributed by atoms with Crippen molar-refractivity contribution in [2.45, 2.75) is 6.61 Å². The zero-order valence-electron chi connectivity index (χ0n) is 20.1. The van der Waals surface area contributed by atoms with Crippen LogP contribution in [-0.2, 0) is 6.61 Å². The average Bonchev–Trinajstić information content (AvgIpc) is 3.37. The standard InChI is InChI=1S/C30H18FI2N3O3/c31-22-10-4-1-8-20(22)17-38-28-23(32)13-18(14-24(28)33)16-34-36-29(27-15-19-7-2-6-12-26(19)39-27)35-25-11-5-3-9-21(25)30(36)37/h1-16H,17H2. The normalized spacial score (nSPS) is 11.6. The van der Waals surface area contributed by atoms with Gasteiger partial charge in [-0.3, -0.25) is 4.79 Å². The number of hydrogen-bond donors (Lipinski definition) is 0. The smallest absolute Gasteiger partial charge is 0.282 e. The van der Waals surface area contributed by atoms with E-state index in [0.29, 0.717) is 39.4 Å². The third kappa shape index (κ3) is 5.20. The van der Waals surface area contributed by atoms with Gasteiger partial charge in [0.15, 0.2) is 5.76 Å². The fraction of sp³-hybridized carbons (Fsp3) is 0.0333. The minimum absolute atomic E-state index is 0.116. The van der Waals surface area contributed by atoms with Crippen molar-refractivity contribution in [1.82, 2.24) is 9.66 Å². The van der Waals surface area contributed by atoms with Gasteiger partial charge in [-0.15, -0.1) is 0 Å². The zero-order valence-corrected chi connectivity index (χ0v) is 24.5. The number of aromatic nitrogens is 2. The van der Waals surface area contributed by atoms with Gasteiger partial charge in [0.05, 0.1) is 24.3 Å². The first kappa shape index (κ1) is 25.7. The van der Waals surface area contributed by atoms with Crippen LogP contribution in [0.3, 0.4) is 0 Å². The van der Waals surface area contributed by atoms with E-state index in [2.05, 4.69) is 50.3 Å². The molecule has 0 spiro atoms. The molecule has 4 aromatic carbocycles. The number of para-hydroxylation sites is 2. The molecule has 0 aliphatic heterocycles. The molecular weight excluding hydrogens is 723 g/mol. The van der Waals surface area contributed by atoms with Crippen LogP contribution in [0.2, 0.25) is 0 Å². The van der Waals surface area contributed by atoms with E-state index < -0.39 is 0 Å². The summed E-state index contributed by atoms with van der Waals surface area (Å²) in [6.07, 6.45) is 1.61. The van der Waals surface area contributed by atoms with Crippen molar-refractivity contribution in [2.24, 2.45) is 5.10 Å². The van der Waals surface area contributed by atoms with Gasteiger partial charge >= 0.3 is 0 Å². The second-order valence-corrected chi connectivity index (χ2v) is 11.0. The van der Waals surface area contributed by atoms with Gasteiger partial charge in [0.1, 0.15) is 23.8 Å². The molecule has 9 heteroatoms. The Morgan fingerprint density at radius 3 is 2.46 bits per heavy atom. The Kier molecular flexibility index (Phi) is 7.17. The fourth-order valence-electron chi connectivity index (χ4n) is 4.16. The van der Waals surface area contributed by atoms with Crippen molar-refractivity contribution in [3.63, 3.8) is 0 Å². The predicted octanol–water partition coefficient (Wildman–Crippen LogP) is 7.62. The molecular formula is C30H18FI2N3O3. The Morgan fingerprint density at radius 2 is 1.67 bits per heavy atom. The van der Waals surface area contributed by atoms with Crippen molar-refractivity contribution < 1.29 is 13.5 Å². The summed E-state index contributed by atoms with van der Waals surface area (Å²) in [6.45, 7) is 0.116. The maximum Gasteiger partial charge on any atom is 0.282 e. The summed E-state index contributed by atoms with van der Waals surface area (Å²) in [6, 6.07) is 27.0. The van der Waals surface area contributed by atoms with E-state index in [1.165, 1.54) is 10.7 Å². The molecule has 0 saturated carbocycles. The van der Waals surface area contributed by atoms with E-state index in [4.69, 9.17) is 14.1 Å². The van der Waals surface area contributed by atoms with E-state index >= 15 is 0 Å². The lowest BCUT2D eigenvalue weighted by Gasteiger charge is -2.12. The number of hydrogen-bond acceptors (Lipinski definition) is 5. The van der Waals surface area contributed by atoms with E-state index in [0.717, 1.165) is 18.1 Å². The molecule has 0 fully saturated rings.